The van der Waals surface area contributed by atoms with Gasteiger partial charge in [0, 0.05) is 0 Å². The molecule has 1 aromatic carbocycles. The van der Waals surface area contributed by atoms with Gasteiger partial charge in [0.15, 0.2) is 0 Å². The van der Waals surface area contributed by atoms with Gasteiger partial charge in [-0.2, -0.15) is 0 Å². The van der Waals surface area contributed by atoms with Crippen molar-refractivity contribution in [2.24, 2.45) is 11.8 Å². The molecule has 2 heteroatoms. The van der Waals surface area contributed by atoms with Gasteiger partial charge in [0.2, 0.25) is 0 Å². The first-order valence-corrected chi connectivity index (χ1v) is 6.65. The maximum Gasteiger partial charge on any atom is 0.115 e. The molecule has 1 aromatic rings. The lowest BCUT2D eigenvalue weighted by molar-refractivity contribution is 0.108. The molecule has 3 unspecified atom stereocenters. The van der Waals surface area contributed by atoms with Crippen molar-refractivity contribution in [1.82, 2.24) is 0 Å². The summed E-state index contributed by atoms with van der Waals surface area (Å²) in [6.45, 7) is 2.24. The average molecular weight is 234 g/mol. The first-order chi connectivity index (χ1) is 8.19. The summed E-state index contributed by atoms with van der Waals surface area (Å²) in [5.74, 6) is 1.57. The second-order valence-corrected chi connectivity index (χ2v) is 5.29. The lowest BCUT2D eigenvalue weighted by atomic mass is 9.93. The molecular weight excluding hydrogens is 212 g/mol. The van der Waals surface area contributed by atoms with E-state index >= 15 is 0 Å². The molecule has 2 N–H and O–H groups in total. The molecule has 17 heavy (non-hydrogen) atoms. The molecule has 0 radical (unpaired) electrons. The normalized spacial score (nSPS) is 26.0. The van der Waals surface area contributed by atoms with Gasteiger partial charge >= 0.3 is 0 Å². The summed E-state index contributed by atoms with van der Waals surface area (Å²) in [5.41, 5.74) is 1.11. The number of aliphatic hydroxyl groups excluding tert-OH is 1. The molecular formula is C15H22O2. The predicted molar refractivity (Wildman–Crippen MR) is 68.9 cm³/mol. The van der Waals surface area contributed by atoms with Crippen LogP contribution in [-0.2, 0) is 6.42 Å². The molecule has 1 fully saturated rings. The molecule has 0 heterocycles. The van der Waals surface area contributed by atoms with Gasteiger partial charge in [0.05, 0.1) is 6.10 Å². The molecule has 0 saturated heterocycles. The van der Waals surface area contributed by atoms with Gasteiger partial charge < -0.3 is 10.2 Å². The molecule has 2 nitrogen and oxygen atoms in total. The van der Waals surface area contributed by atoms with E-state index < -0.39 is 0 Å². The highest BCUT2D eigenvalue weighted by atomic mass is 16.3. The summed E-state index contributed by atoms with van der Waals surface area (Å²) in [5, 5.41) is 19.4. The van der Waals surface area contributed by atoms with Gasteiger partial charge in [-0.3, -0.25) is 0 Å². The third-order valence-electron chi connectivity index (χ3n) is 4.08. The Morgan fingerprint density at radius 3 is 2.53 bits per heavy atom. The van der Waals surface area contributed by atoms with Gasteiger partial charge in [-0.05, 0) is 48.8 Å². The van der Waals surface area contributed by atoms with E-state index in [1.165, 1.54) is 19.3 Å². The van der Waals surface area contributed by atoms with E-state index in [4.69, 9.17) is 0 Å². The Hall–Kier alpha value is -1.02. The van der Waals surface area contributed by atoms with Crippen LogP contribution >= 0.6 is 0 Å². The zero-order valence-corrected chi connectivity index (χ0v) is 10.5. The highest BCUT2D eigenvalue weighted by molar-refractivity contribution is 5.26. The molecule has 1 saturated carbocycles. The van der Waals surface area contributed by atoms with E-state index in [1.807, 2.05) is 12.1 Å². The molecule has 0 bridgehead atoms. The molecule has 2 rings (SSSR count). The average Bonchev–Trinajstić information content (AvgIpc) is 2.81. The number of phenols is 1. The van der Waals surface area contributed by atoms with Crippen LogP contribution in [0.3, 0.4) is 0 Å². The van der Waals surface area contributed by atoms with Crippen molar-refractivity contribution in [3.8, 4) is 5.75 Å². The molecule has 0 spiro atoms. The second kappa shape index (κ2) is 5.54. The summed E-state index contributed by atoms with van der Waals surface area (Å²) in [4.78, 5) is 0. The third kappa shape index (κ3) is 3.22. The Balaban J connectivity index is 1.89. The monoisotopic (exact) mass is 234 g/mol. The van der Waals surface area contributed by atoms with E-state index in [2.05, 4.69) is 6.92 Å². The second-order valence-electron chi connectivity index (χ2n) is 5.29. The molecule has 1 aliphatic rings. The van der Waals surface area contributed by atoms with Gasteiger partial charge in [-0.25, -0.2) is 0 Å². The van der Waals surface area contributed by atoms with Crippen molar-refractivity contribution in [2.45, 2.75) is 45.1 Å². The number of hydrogen-bond donors (Lipinski definition) is 2. The zero-order valence-electron chi connectivity index (χ0n) is 10.5. The van der Waals surface area contributed by atoms with Crippen LogP contribution in [-0.4, -0.2) is 16.3 Å². The highest BCUT2D eigenvalue weighted by Crippen LogP contribution is 2.35. The van der Waals surface area contributed by atoms with Gasteiger partial charge in [-0.1, -0.05) is 31.9 Å². The van der Waals surface area contributed by atoms with Gasteiger partial charge in [-0.15, -0.1) is 0 Å². The summed E-state index contributed by atoms with van der Waals surface area (Å²) in [7, 11) is 0. The van der Waals surface area contributed by atoms with Crippen LogP contribution in [0.1, 0.15) is 38.2 Å². The van der Waals surface area contributed by atoms with Crippen molar-refractivity contribution in [3.63, 3.8) is 0 Å². The largest absolute Gasteiger partial charge is 0.508 e. The van der Waals surface area contributed by atoms with Crippen molar-refractivity contribution in [2.75, 3.05) is 0 Å². The number of benzene rings is 1. The Labute approximate surface area is 103 Å². The third-order valence-corrected chi connectivity index (χ3v) is 4.08. The quantitative estimate of drug-likeness (QED) is 0.840. The molecule has 94 valence electrons. The van der Waals surface area contributed by atoms with Crippen molar-refractivity contribution in [1.29, 1.82) is 0 Å². The highest BCUT2D eigenvalue weighted by Gasteiger charge is 2.28. The SMILES string of the molecule is CCC1CCC(C(O)Cc2ccc(O)cc2)C1. The molecule has 3 atom stereocenters. The molecule has 0 aromatic heterocycles. The lowest BCUT2D eigenvalue weighted by Gasteiger charge is -2.18. The number of phenolic OH excluding ortho intramolecular Hbond substituents is 1. The van der Waals surface area contributed by atoms with Crippen molar-refractivity contribution >= 4 is 0 Å². The van der Waals surface area contributed by atoms with Crippen LogP contribution in [0.2, 0.25) is 0 Å². The molecule has 0 amide bonds. The van der Waals surface area contributed by atoms with E-state index in [-0.39, 0.29) is 11.9 Å². The Kier molecular flexibility index (Phi) is 4.06. The Morgan fingerprint density at radius 2 is 1.94 bits per heavy atom. The van der Waals surface area contributed by atoms with Crippen molar-refractivity contribution in [3.05, 3.63) is 29.8 Å². The van der Waals surface area contributed by atoms with Crippen LogP contribution in [0.4, 0.5) is 0 Å². The Morgan fingerprint density at radius 1 is 1.24 bits per heavy atom. The van der Waals surface area contributed by atoms with E-state index in [1.54, 1.807) is 12.1 Å². The topological polar surface area (TPSA) is 40.5 Å². The maximum atomic E-state index is 10.2. The first-order valence-electron chi connectivity index (χ1n) is 6.65. The first kappa shape index (κ1) is 12.4. The standard InChI is InChI=1S/C15H22O2/c1-2-11-3-6-13(9-11)15(17)10-12-4-7-14(16)8-5-12/h4-5,7-8,11,13,15-17H,2-3,6,9-10H2,1H3. The number of aromatic hydroxyl groups is 1. The minimum absolute atomic E-state index is 0.226. The smallest absolute Gasteiger partial charge is 0.115 e. The van der Waals surface area contributed by atoms with E-state index in [0.29, 0.717) is 12.3 Å². The van der Waals surface area contributed by atoms with Crippen LogP contribution in [0.5, 0.6) is 5.75 Å². The fourth-order valence-electron chi connectivity index (χ4n) is 2.87. The van der Waals surface area contributed by atoms with Gasteiger partial charge in [0.25, 0.3) is 0 Å². The zero-order chi connectivity index (χ0) is 12.3. The van der Waals surface area contributed by atoms with Crippen molar-refractivity contribution < 1.29 is 10.2 Å². The van der Waals surface area contributed by atoms with Crippen LogP contribution < -0.4 is 0 Å². The summed E-state index contributed by atoms with van der Waals surface area (Å²) < 4.78 is 0. The lowest BCUT2D eigenvalue weighted by Crippen LogP contribution is -2.20. The minimum Gasteiger partial charge on any atom is -0.508 e. The van der Waals surface area contributed by atoms with Crippen LogP contribution in [0.25, 0.3) is 0 Å². The van der Waals surface area contributed by atoms with E-state index in [0.717, 1.165) is 17.9 Å². The van der Waals surface area contributed by atoms with E-state index in [9.17, 15) is 10.2 Å². The van der Waals surface area contributed by atoms with Gasteiger partial charge in [0.1, 0.15) is 5.75 Å². The Bertz CT molecular complexity index is 344. The summed E-state index contributed by atoms with van der Waals surface area (Å²) in [6, 6.07) is 7.16. The number of rotatable bonds is 4. The predicted octanol–water partition coefficient (Wildman–Crippen LogP) is 3.12. The minimum atomic E-state index is -0.226. The molecule has 0 aliphatic heterocycles. The van der Waals surface area contributed by atoms with Crippen LogP contribution in [0.15, 0.2) is 24.3 Å². The maximum absolute atomic E-state index is 10.2. The summed E-state index contributed by atoms with van der Waals surface area (Å²) >= 11 is 0. The van der Waals surface area contributed by atoms with Crippen LogP contribution in [0, 0.1) is 11.8 Å². The number of hydrogen-bond acceptors (Lipinski definition) is 2. The fraction of sp³-hybridized carbons (Fsp3) is 0.600. The number of aliphatic hydroxyl groups is 1. The molecule has 1 aliphatic carbocycles. The fourth-order valence-corrected chi connectivity index (χ4v) is 2.87. The summed E-state index contributed by atoms with van der Waals surface area (Å²) in [6.07, 6.45) is 5.33.